The van der Waals surface area contributed by atoms with Crippen molar-refractivity contribution in [3.05, 3.63) is 29.3 Å². The smallest absolute Gasteiger partial charge is 0.355 e. The number of likely N-dealkylation sites (tertiary alicyclic amines) is 1. The molecule has 4 nitrogen and oxygen atoms in total. The normalized spacial score (nSPS) is 20.6. The van der Waals surface area contributed by atoms with Gasteiger partial charge in [-0.25, -0.2) is 4.98 Å². The number of rotatable bonds is 5. The first-order chi connectivity index (χ1) is 12.2. The number of hydrogen-bond acceptors (Lipinski definition) is 4. The number of benzene rings is 1. The van der Waals surface area contributed by atoms with Crippen LogP contribution in [0.2, 0.25) is 0 Å². The Balaban J connectivity index is 1.50. The number of aromatic nitrogens is 1. The summed E-state index contributed by atoms with van der Waals surface area (Å²) < 4.78 is 40.4. The van der Waals surface area contributed by atoms with Gasteiger partial charge in [-0.1, -0.05) is 12.1 Å². The van der Waals surface area contributed by atoms with E-state index >= 15 is 0 Å². The summed E-state index contributed by atoms with van der Waals surface area (Å²) >= 11 is 1.59. The van der Waals surface area contributed by atoms with Crippen molar-refractivity contribution in [3.8, 4) is 0 Å². The maximum atomic E-state index is 13.1. The van der Waals surface area contributed by atoms with Gasteiger partial charge in [-0.2, -0.15) is 13.2 Å². The number of amides is 1. The molecule has 1 amide bonds. The SMILES string of the molecule is CC1(C)[C@H](C(F)(F)F)CCN1CC(=O)NCCc1nc2ccccc2s1. The van der Waals surface area contributed by atoms with E-state index in [0.717, 1.165) is 15.2 Å². The van der Waals surface area contributed by atoms with Crippen molar-refractivity contribution in [3.63, 3.8) is 0 Å². The van der Waals surface area contributed by atoms with Crippen LogP contribution >= 0.6 is 11.3 Å². The molecular formula is C18H22F3N3OS. The average molecular weight is 385 g/mol. The molecule has 1 N–H and O–H groups in total. The molecule has 0 unspecified atom stereocenters. The molecule has 142 valence electrons. The van der Waals surface area contributed by atoms with Crippen LogP contribution in [-0.4, -0.2) is 47.1 Å². The molecule has 1 aliphatic heterocycles. The molecule has 8 heteroatoms. The predicted octanol–water partition coefficient (Wildman–Crippen LogP) is 3.62. The van der Waals surface area contributed by atoms with E-state index in [1.54, 1.807) is 30.1 Å². The van der Waals surface area contributed by atoms with E-state index < -0.39 is 17.6 Å². The molecular weight excluding hydrogens is 363 g/mol. The summed E-state index contributed by atoms with van der Waals surface area (Å²) in [5, 5.41) is 3.73. The average Bonchev–Trinajstić information content (AvgIpc) is 3.07. The van der Waals surface area contributed by atoms with Crippen molar-refractivity contribution in [2.24, 2.45) is 5.92 Å². The third-order valence-corrected chi connectivity index (χ3v) is 6.18. The summed E-state index contributed by atoms with van der Waals surface area (Å²) in [7, 11) is 0. The first-order valence-electron chi connectivity index (χ1n) is 8.61. The van der Waals surface area contributed by atoms with Crippen molar-refractivity contribution in [2.75, 3.05) is 19.6 Å². The fourth-order valence-electron chi connectivity index (χ4n) is 3.56. The second-order valence-corrected chi connectivity index (χ2v) is 8.25. The summed E-state index contributed by atoms with van der Waals surface area (Å²) in [5.41, 5.74) is -0.126. The predicted molar refractivity (Wildman–Crippen MR) is 96.1 cm³/mol. The zero-order chi connectivity index (χ0) is 18.9. The first-order valence-corrected chi connectivity index (χ1v) is 9.42. The maximum absolute atomic E-state index is 13.1. The number of thiazole rings is 1. The first kappa shape index (κ1) is 19.1. The van der Waals surface area contributed by atoms with Gasteiger partial charge in [0.25, 0.3) is 0 Å². The third kappa shape index (κ3) is 4.01. The van der Waals surface area contributed by atoms with E-state index in [9.17, 15) is 18.0 Å². The molecule has 0 saturated carbocycles. The number of fused-ring (bicyclic) bond motifs is 1. The molecule has 1 atom stereocenters. The van der Waals surface area contributed by atoms with Crippen molar-refractivity contribution in [1.29, 1.82) is 0 Å². The number of nitrogens with zero attached hydrogens (tertiary/aromatic N) is 2. The summed E-state index contributed by atoms with van der Waals surface area (Å²) in [6, 6.07) is 7.83. The van der Waals surface area contributed by atoms with Crippen LogP contribution in [0.4, 0.5) is 13.2 Å². The zero-order valence-corrected chi connectivity index (χ0v) is 15.6. The number of carbonyl (C=O) groups excluding carboxylic acids is 1. The highest BCUT2D eigenvalue weighted by Crippen LogP contribution is 2.44. The minimum atomic E-state index is -4.23. The van der Waals surface area contributed by atoms with Crippen molar-refractivity contribution in [1.82, 2.24) is 15.2 Å². The highest BCUT2D eigenvalue weighted by Gasteiger charge is 2.54. The molecule has 0 aliphatic carbocycles. The van der Waals surface area contributed by atoms with Gasteiger partial charge in [0.15, 0.2) is 0 Å². The molecule has 2 heterocycles. The number of halogens is 3. The Morgan fingerprint density at radius 3 is 2.77 bits per heavy atom. The third-order valence-electron chi connectivity index (χ3n) is 5.08. The molecule has 1 aliphatic rings. The summed E-state index contributed by atoms with van der Waals surface area (Å²) in [5.74, 6) is -1.65. The van der Waals surface area contributed by atoms with E-state index in [1.807, 2.05) is 24.3 Å². The zero-order valence-electron chi connectivity index (χ0n) is 14.8. The second-order valence-electron chi connectivity index (χ2n) is 7.13. The lowest BCUT2D eigenvalue weighted by atomic mass is 9.88. The van der Waals surface area contributed by atoms with Gasteiger partial charge in [0.1, 0.15) is 0 Å². The van der Waals surface area contributed by atoms with Crippen LogP contribution < -0.4 is 5.32 Å². The lowest BCUT2D eigenvalue weighted by Crippen LogP contribution is -2.50. The molecule has 0 bridgehead atoms. The van der Waals surface area contributed by atoms with Crippen LogP contribution in [0.1, 0.15) is 25.3 Å². The Labute approximate surface area is 154 Å². The molecule has 3 rings (SSSR count). The minimum absolute atomic E-state index is 0.0145. The lowest BCUT2D eigenvalue weighted by Gasteiger charge is -2.36. The van der Waals surface area contributed by atoms with Crippen molar-refractivity contribution >= 4 is 27.5 Å². The van der Waals surface area contributed by atoms with Gasteiger partial charge in [-0.05, 0) is 38.9 Å². The van der Waals surface area contributed by atoms with Crippen LogP contribution in [0.5, 0.6) is 0 Å². The standard InChI is InChI=1S/C18H22F3N3OS/c1-17(2)14(18(19,20)21)8-10-24(17)11-15(25)22-9-7-16-23-12-5-3-4-6-13(12)26-16/h3-6,14H,7-11H2,1-2H3,(H,22,25)/t14-/m1/s1. The molecule has 1 saturated heterocycles. The highest BCUT2D eigenvalue weighted by molar-refractivity contribution is 7.18. The van der Waals surface area contributed by atoms with Crippen LogP contribution in [0.3, 0.4) is 0 Å². The molecule has 0 radical (unpaired) electrons. The quantitative estimate of drug-likeness (QED) is 0.855. The fourth-order valence-corrected chi connectivity index (χ4v) is 4.53. The maximum Gasteiger partial charge on any atom is 0.393 e. The minimum Gasteiger partial charge on any atom is -0.355 e. The monoisotopic (exact) mass is 385 g/mol. The Hall–Kier alpha value is -1.67. The number of hydrogen-bond donors (Lipinski definition) is 1. The van der Waals surface area contributed by atoms with Gasteiger partial charge in [0.05, 0.1) is 27.7 Å². The fraction of sp³-hybridized carbons (Fsp3) is 0.556. The topological polar surface area (TPSA) is 45.2 Å². The Bertz CT molecular complexity index is 754. The largest absolute Gasteiger partial charge is 0.393 e. The summed E-state index contributed by atoms with van der Waals surface area (Å²) in [6.07, 6.45) is -3.59. The van der Waals surface area contributed by atoms with Gasteiger partial charge < -0.3 is 5.32 Å². The summed E-state index contributed by atoms with van der Waals surface area (Å²) in [4.78, 5) is 18.3. The van der Waals surface area contributed by atoms with Gasteiger partial charge in [-0.3, -0.25) is 9.69 Å². The molecule has 1 aromatic carbocycles. The molecule has 2 aromatic rings. The Morgan fingerprint density at radius 1 is 1.38 bits per heavy atom. The molecule has 26 heavy (non-hydrogen) atoms. The van der Waals surface area contributed by atoms with Gasteiger partial charge >= 0.3 is 6.18 Å². The van der Waals surface area contributed by atoms with E-state index in [1.165, 1.54) is 0 Å². The number of nitrogens with one attached hydrogen (secondary N) is 1. The second kappa shape index (κ2) is 7.15. The Kier molecular flexibility index (Phi) is 5.25. The van der Waals surface area contributed by atoms with Gasteiger partial charge in [-0.15, -0.1) is 11.3 Å². The van der Waals surface area contributed by atoms with Crippen LogP contribution in [0.25, 0.3) is 10.2 Å². The Morgan fingerprint density at radius 2 is 2.12 bits per heavy atom. The van der Waals surface area contributed by atoms with E-state index in [0.29, 0.717) is 13.0 Å². The summed E-state index contributed by atoms with van der Waals surface area (Å²) in [6.45, 7) is 3.82. The van der Waals surface area contributed by atoms with E-state index in [2.05, 4.69) is 10.3 Å². The lowest BCUT2D eigenvalue weighted by molar-refractivity contribution is -0.191. The number of carbonyl (C=O) groups is 1. The van der Waals surface area contributed by atoms with Crippen LogP contribution in [0, 0.1) is 5.92 Å². The number of para-hydroxylation sites is 1. The van der Waals surface area contributed by atoms with Gasteiger partial charge in [0, 0.05) is 18.5 Å². The molecule has 0 spiro atoms. The van der Waals surface area contributed by atoms with Crippen molar-refractivity contribution < 1.29 is 18.0 Å². The molecule has 1 fully saturated rings. The van der Waals surface area contributed by atoms with E-state index in [-0.39, 0.29) is 25.4 Å². The van der Waals surface area contributed by atoms with E-state index in [4.69, 9.17) is 0 Å². The van der Waals surface area contributed by atoms with Crippen LogP contribution in [-0.2, 0) is 11.2 Å². The van der Waals surface area contributed by atoms with Crippen molar-refractivity contribution in [2.45, 2.75) is 38.4 Å². The number of alkyl halides is 3. The van der Waals surface area contributed by atoms with Gasteiger partial charge in [0.2, 0.25) is 5.91 Å². The van der Waals surface area contributed by atoms with Crippen LogP contribution in [0.15, 0.2) is 24.3 Å². The highest BCUT2D eigenvalue weighted by atomic mass is 32.1. The molecule has 1 aromatic heterocycles.